The first-order chi connectivity index (χ1) is 13.7. The van der Waals surface area contributed by atoms with Crippen molar-refractivity contribution in [1.82, 2.24) is 34.7 Å². The molecule has 1 aliphatic carbocycles. The Labute approximate surface area is 159 Å². The topological polar surface area (TPSA) is 125 Å². The van der Waals surface area contributed by atoms with E-state index in [9.17, 15) is 9.90 Å². The van der Waals surface area contributed by atoms with E-state index in [1.54, 1.807) is 10.8 Å². The lowest BCUT2D eigenvalue weighted by Gasteiger charge is -2.25. The second kappa shape index (κ2) is 6.68. The molecule has 3 aromatic heterocycles. The van der Waals surface area contributed by atoms with Gasteiger partial charge < -0.3 is 5.11 Å². The van der Waals surface area contributed by atoms with Crippen LogP contribution in [0.25, 0.3) is 33.9 Å². The van der Waals surface area contributed by atoms with Gasteiger partial charge in [0.1, 0.15) is 6.33 Å². The van der Waals surface area contributed by atoms with Crippen molar-refractivity contribution in [2.24, 2.45) is 0 Å². The van der Waals surface area contributed by atoms with Crippen molar-refractivity contribution in [3.05, 3.63) is 47.3 Å². The molecule has 142 valence electrons. The van der Waals surface area contributed by atoms with Crippen LogP contribution < -0.4 is 5.69 Å². The van der Waals surface area contributed by atoms with Crippen molar-refractivity contribution in [3.8, 4) is 22.6 Å². The highest BCUT2D eigenvalue weighted by molar-refractivity contribution is 5.72. The highest BCUT2D eigenvalue weighted by atomic mass is 16.3. The predicted molar refractivity (Wildman–Crippen MR) is 102 cm³/mol. The number of nitrogens with one attached hydrogen (secondary N) is 2. The largest absolute Gasteiger partial charge is 0.393 e. The summed E-state index contributed by atoms with van der Waals surface area (Å²) in [6.45, 7) is 0. The normalized spacial score (nSPS) is 19.9. The van der Waals surface area contributed by atoms with E-state index in [2.05, 4.69) is 25.1 Å². The van der Waals surface area contributed by atoms with Crippen LogP contribution in [-0.4, -0.2) is 45.9 Å². The zero-order valence-corrected chi connectivity index (χ0v) is 15.0. The zero-order valence-electron chi connectivity index (χ0n) is 15.0. The first-order valence-electron chi connectivity index (χ1n) is 9.31. The number of imidazole rings is 1. The van der Waals surface area contributed by atoms with Gasteiger partial charge in [-0.15, -0.1) is 0 Å². The first-order valence-corrected chi connectivity index (χ1v) is 9.31. The maximum absolute atomic E-state index is 12.5. The standard InChI is InChI=1S/C19H19N7O2/c27-14-7-5-13(6-8-14)26-18-17(24-19(26)28)20-9-15(23-18)11-1-3-12(4-2-11)16-21-10-22-25-16/h1-4,9-10,13-14,27H,5-8H2,(H,20,24,28)(H,21,22,25)/t13-,14-. The third-order valence-corrected chi connectivity index (χ3v) is 5.31. The Morgan fingerprint density at radius 1 is 1.04 bits per heavy atom. The summed E-state index contributed by atoms with van der Waals surface area (Å²) in [7, 11) is 0. The Hall–Kier alpha value is -3.33. The molecule has 9 heteroatoms. The third kappa shape index (κ3) is 2.89. The molecule has 9 nitrogen and oxygen atoms in total. The van der Waals surface area contributed by atoms with E-state index >= 15 is 0 Å². The summed E-state index contributed by atoms with van der Waals surface area (Å²) < 4.78 is 1.69. The lowest BCUT2D eigenvalue weighted by atomic mass is 9.93. The summed E-state index contributed by atoms with van der Waals surface area (Å²) in [6.07, 6.45) is 5.82. The molecule has 0 radical (unpaired) electrons. The average Bonchev–Trinajstić information content (AvgIpc) is 3.36. The van der Waals surface area contributed by atoms with Gasteiger partial charge in [-0.1, -0.05) is 24.3 Å². The molecule has 1 aliphatic rings. The van der Waals surface area contributed by atoms with Gasteiger partial charge >= 0.3 is 5.69 Å². The number of aliphatic hydroxyl groups excluding tert-OH is 1. The van der Waals surface area contributed by atoms with E-state index in [0.29, 0.717) is 35.7 Å². The predicted octanol–water partition coefficient (Wildman–Crippen LogP) is 2.05. The molecule has 1 fully saturated rings. The lowest BCUT2D eigenvalue weighted by Crippen LogP contribution is -2.27. The quantitative estimate of drug-likeness (QED) is 0.502. The number of fused-ring (bicyclic) bond motifs is 1. The van der Waals surface area contributed by atoms with Crippen molar-refractivity contribution in [3.63, 3.8) is 0 Å². The molecule has 0 amide bonds. The van der Waals surface area contributed by atoms with E-state index in [1.165, 1.54) is 6.33 Å². The summed E-state index contributed by atoms with van der Waals surface area (Å²) in [6, 6.07) is 7.76. The van der Waals surface area contributed by atoms with E-state index in [4.69, 9.17) is 4.98 Å². The van der Waals surface area contributed by atoms with Crippen LogP contribution in [0.1, 0.15) is 31.7 Å². The van der Waals surface area contributed by atoms with E-state index in [1.807, 2.05) is 24.3 Å². The Bertz CT molecular complexity index is 1150. The summed E-state index contributed by atoms with van der Waals surface area (Å²) in [5.41, 5.74) is 3.33. The fourth-order valence-corrected chi connectivity index (χ4v) is 3.83. The van der Waals surface area contributed by atoms with E-state index < -0.39 is 0 Å². The Morgan fingerprint density at radius 2 is 1.79 bits per heavy atom. The van der Waals surface area contributed by atoms with Crippen molar-refractivity contribution in [2.45, 2.75) is 37.8 Å². The Kier molecular flexibility index (Phi) is 4.01. The second-order valence-corrected chi connectivity index (χ2v) is 7.09. The molecule has 1 aromatic carbocycles. The first kappa shape index (κ1) is 16.8. The third-order valence-electron chi connectivity index (χ3n) is 5.31. The molecule has 0 aliphatic heterocycles. The number of aliphatic hydroxyl groups is 1. The summed E-state index contributed by atoms with van der Waals surface area (Å²) in [5.74, 6) is 0.632. The highest BCUT2D eigenvalue weighted by Crippen LogP contribution is 2.30. The Morgan fingerprint density at radius 3 is 2.50 bits per heavy atom. The lowest BCUT2D eigenvalue weighted by molar-refractivity contribution is 0.111. The molecule has 5 rings (SSSR count). The molecular formula is C19H19N7O2. The fourth-order valence-electron chi connectivity index (χ4n) is 3.83. The van der Waals surface area contributed by atoms with Gasteiger partial charge in [0.2, 0.25) is 0 Å². The smallest absolute Gasteiger partial charge is 0.329 e. The molecule has 0 atom stereocenters. The van der Waals surface area contributed by atoms with E-state index in [0.717, 1.165) is 24.0 Å². The van der Waals surface area contributed by atoms with Gasteiger partial charge in [-0.25, -0.2) is 19.7 Å². The second-order valence-electron chi connectivity index (χ2n) is 7.09. The minimum Gasteiger partial charge on any atom is -0.393 e. The fraction of sp³-hybridized carbons (Fsp3) is 0.316. The average molecular weight is 377 g/mol. The van der Waals surface area contributed by atoms with Crippen LogP contribution in [0.15, 0.2) is 41.6 Å². The summed E-state index contributed by atoms with van der Waals surface area (Å²) in [5, 5.41) is 16.5. The molecule has 3 heterocycles. The number of aromatic nitrogens is 7. The number of benzene rings is 1. The molecule has 28 heavy (non-hydrogen) atoms. The number of hydrogen-bond acceptors (Lipinski definition) is 6. The SMILES string of the molecule is O=c1[nH]c2ncc(-c3ccc(-c4nc[nH]n4)cc3)nc2n1[C@H]1CC[C@H](O)CC1. The maximum atomic E-state index is 12.5. The van der Waals surface area contributed by atoms with Gasteiger partial charge in [-0.05, 0) is 25.7 Å². The summed E-state index contributed by atoms with van der Waals surface area (Å²) >= 11 is 0. The maximum Gasteiger partial charge on any atom is 0.329 e. The highest BCUT2D eigenvalue weighted by Gasteiger charge is 2.25. The monoisotopic (exact) mass is 377 g/mol. The van der Waals surface area contributed by atoms with Crippen LogP contribution in [0.5, 0.6) is 0 Å². The molecule has 0 spiro atoms. The van der Waals surface area contributed by atoms with Crippen molar-refractivity contribution in [2.75, 3.05) is 0 Å². The zero-order chi connectivity index (χ0) is 19.1. The minimum atomic E-state index is -0.277. The van der Waals surface area contributed by atoms with Gasteiger partial charge in [-0.3, -0.25) is 14.6 Å². The Balaban J connectivity index is 1.52. The van der Waals surface area contributed by atoms with Crippen LogP contribution in [0.3, 0.4) is 0 Å². The number of aromatic amines is 2. The molecule has 1 saturated carbocycles. The number of nitrogens with zero attached hydrogens (tertiary/aromatic N) is 5. The van der Waals surface area contributed by atoms with E-state index in [-0.39, 0.29) is 17.8 Å². The van der Waals surface area contributed by atoms with Crippen LogP contribution >= 0.6 is 0 Å². The molecule has 0 unspecified atom stereocenters. The van der Waals surface area contributed by atoms with Crippen LogP contribution in [0, 0.1) is 0 Å². The molecular weight excluding hydrogens is 358 g/mol. The molecule has 3 N–H and O–H groups in total. The van der Waals surface area contributed by atoms with Gasteiger partial charge in [-0.2, -0.15) is 5.10 Å². The number of hydrogen-bond donors (Lipinski definition) is 3. The summed E-state index contributed by atoms with van der Waals surface area (Å²) in [4.78, 5) is 28.6. The van der Waals surface area contributed by atoms with Gasteiger partial charge in [0, 0.05) is 17.2 Å². The van der Waals surface area contributed by atoms with Crippen molar-refractivity contribution >= 4 is 11.3 Å². The van der Waals surface area contributed by atoms with Gasteiger partial charge in [0.25, 0.3) is 0 Å². The molecule has 4 aromatic rings. The minimum absolute atomic E-state index is 0.0299. The van der Waals surface area contributed by atoms with Gasteiger partial charge in [0.15, 0.2) is 17.1 Å². The van der Waals surface area contributed by atoms with Crippen LogP contribution in [0.2, 0.25) is 0 Å². The number of H-pyrrole nitrogens is 2. The van der Waals surface area contributed by atoms with Gasteiger partial charge in [0.05, 0.1) is 18.0 Å². The molecule has 0 saturated heterocycles. The van der Waals surface area contributed by atoms with Crippen LogP contribution in [-0.2, 0) is 0 Å². The molecule has 0 bridgehead atoms. The van der Waals surface area contributed by atoms with Crippen LogP contribution in [0.4, 0.5) is 0 Å². The van der Waals surface area contributed by atoms with Crippen molar-refractivity contribution < 1.29 is 5.11 Å². The number of rotatable bonds is 3. The van der Waals surface area contributed by atoms with Crippen molar-refractivity contribution in [1.29, 1.82) is 0 Å².